The molecule has 2 heterocycles. The molecule has 0 saturated carbocycles. The molecule has 5 rings (SSSR count). The number of rotatable bonds is 7. The number of hydrogen-bond acceptors (Lipinski definition) is 8. The molecule has 0 saturated heterocycles. The van der Waals surface area contributed by atoms with Crippen molar-refractivity contribution in [3.8, 4) is 22.5 Å². The van der Waals surface area contributed by atoms with Gasteiger partial charge in [0, 0.05) is 33.7 Å². The van der Waals surface area contributed by atoms with Crippen molar-refractivity contribution in [3.63, 3.8) is 0 Å². The van der Waals surface area contributed by atoms with Crippen molar-refractivity contribution in [3.05, 3.63) is 113 Å². The summed E-state index contributed by atoms with van der Waals surface area (Å²) in [5.74, 6) is 0. The Labute approximate surface area is 204 Å². The van der Waals surface area contributed by atoms with Crippen LogP contribution in [-0.2, 0) is 0 Å². The fourth-order valence-corrected chi connectivity index (χ4v) is 4.16. The molecule has 0 aliphatic rings. The van der Waals surface area contributed by atoms with E-state index < -0.39 is 4.92 Å². The zero-order chi connectivity index (χ0) is 24.0. The summed E-state index contributed by atoms with van der Waals surface area (Å²) in [6.07, 6.45) is 4.39. The molecule has 0 aliphatic carbocycles. The van der Waals surface area contributed by atoms with Crippen molar-refractivity contribution in [2.24, 2.45) is 5.10 Å². The second kappa shape index (κ2) is 10.1. The molecule has 0 N–H and O–H groups in total. The SMILES string of the molecule is O=[N+]([O-])c1ccc(Sc2nc(-c3ccccc3)cc(-c3ccccc3)n2)c(/C=N/n2cnnc2)c1. The largest absolute Gasteiger partial charge is 0.270 e. The van der Waals surface area contributed by atoms with Gasteiger partial charge in [0.2, 0.25) is 0 Å². The Hall–Kier alpha value is -4.70. The first-order chi connectivity index (χ1) is 17.2. The van der Waals surface area contributed by atoms with Crippen LogP contribution in [0.25, 0.3) is 22.5 Å². The zero-order valence-corrected chi connectivity index (χ0v) is 19.0. The minimum Gasteiger partial charge on any atom is -0.258 e. The number of nitro benzene ring substituents is 1. The second-order valence-electron chi connectivity index (χ2n) is 7.32. The summed E-state index contributed by atoms with van der Waals surface area (Å²) in [5, 5.41) is 23.6. The third-order valence-electron chi connectivity index (χ3n) is 4.99. The molecule has 2 aromatic heterocycles. The third-order valence-corrected chi connectivity index (χ3v) is 5.94. The Kier molecular flexibility index (Phi) is 6.35. The predicted molar refractivity (Wildman–Crippen MR) is 133 cm³/mol. The lowest BCUT2D eigenvalue weighted by molar-refractivity contribution is -0.384. The van der Waals surface area contributed by atoms with Crippen molar-refractivity contribution in [1.29, 1.82) is 0 Å². The minimum atomic E-state index is -0.440. The summed E-state index contributed by atoms with van der Waals surface area (Å²) in [4.78, 5) is 21.2. The maximum Gasteiger partial charge on any atom is 0.270 e. The van der Waals surface area contributed by atoms with Gasteiger partial charge in [-0.1, -0.05) is 60.7 Å². The van der Waals surface area contributed by atoms with Crippen LogP contribution < -0.4 is 0 Å². The molecule has 0 atom stereocenters. The molecule has 0 unspecified atom stereocenters. The van der Waals surface area contributed by atoms with Crippen LogP contribution >= 0.6 is 11.8 Å². The van der Waals surface area contributed by atoms with Crippen molar-refractivity contribution in [2.75, 3.05) is 0 Å². The Morgan fingerprint density at radius 3 is 2.00 bits per heavy atom. The van der Waals surface area contributed by atoms with Gasteiger partial charge in [0.05, 0.1) is 22.5 Å². The highest BCUT2D eigenvalue weighted by molar-refractivity contribution is 7.99. The van der Waals surface area contributed by atoms with Crippen molar-refractivity contribution < 1.29 is 4.92 Å². The van der Waals surface area contributed by atoms with Crippen LogP contribution in [0.4, 0.5) is 5.69 Å². The van der Waals surface area contributed by atoms with E-state index in [2.05, 4.69) is 15.3 Å². The van der Waals surface area contributed by atoms with Gasteiger partial charge >= 0.3 is 0 Å². The van der Waals surface area contributed by atoms with Gasteiger partial charge in [0.25, 0.3) is 5.69 Å². The van der Waals surface area contributed by atoms with E-state index in [0.717, 1.165) is 27.4 Å². The lowest BCUT2D eigenvalue weighted by Gasteiger charge is -2.10. The second-order valence-corrected chi connectivity index (χ2v) is 8.33. The van der Waals surface area contributed by atoms with Crippen LogP contribution in [-0.4, -0.2) is 36.0 Å². The van der Waals surface area contributed by atoms with Gasteiger partial charge in [0.15, 0.2) is 5.16 Å². The van der Waals surface area contributed by atoms with E-state index in [0.29, 0.717) is 10.7 Å². The summed E-state index contributed by atoms with van der Waals surface area (Å²) in [7, 11) is 0. The molecule has 0 amide bonds. The van der Waals surface area contributed by atoms with E-state index in [1.54, 1.807) is 6.07 Å². The molecule has 170 valence electrons. The fourth-order valence-electron chi connectivity index (χ4n) is 3.31. The highest BCUT2D eigenvalue weighted by Gasteiger charge is 2.14. The molecule has 0 fully saturated rings. The monoisotopic (exact) mass is 479 g/mol. The molecule has 0 spiro atoms. The number of aromatic nitrogens is 5. The van der Waals surface area contributed by atoms with Crippen LogP contribution in [0.1, 0.15) is 5.56 Å². The van der Waals surface area contributed by atoms with Crippen LogP contribution in [0.15, 0.2) is 113 Å². The fraction of sp³-hybridized carbons (Fsp3) is 0. The molecule has 35 heavy (non-hydrogen) atoms. The van der Waals surface area contributed by atoms with E-state index in [4.69, 9.17) is 9.97 Å². The first kappa shape index (κ1) is 22.1. The summed E-state index contributed by atoms with van der Waals surface area (Å²) >= 11 is 1.31. The Balaban J connectivity index is 1.58. The molecule has 10 heteroatoms. The standard InChI is InChI=1S/C25H17N7O2S/c33-32(34)21-11-12-24(20(13-21)15-28-31-16-26-27-17-31)35-25-29-22(18-7-3-1-4-8-18)14-23(30-25)19-9-5-2-6-10-19/h1-17H/b28-15+. The Morgan fingerprint density at radius 1 is 0.829 bits per heavy atom. The maximum atomic E-state index is 11.4. The van der Waals surface area contributed by atoms with Crippen LogP contribution in [0, 0.1) is 10.1 Å². The van der Waals surface area contributed by atoms with Crippen molar-refractivity contribution >= 4 is 23.7 Å². The lowest BCUT2D eigenvalue weighted by atomic mass is 10.1. The van der Waals surface area contributed by atoms with Gasteiger partial charge in [-0.25, -0.2) is 14.6 Å². The molecular weight excluding hydrogens is 462 g/mol. The highest BCUT2D eigenvalue weighted by Crippen LogP contribution is 2.33. The average molecular weight is 480 g/mol. The number of hydrogen-bond donors (Lipinski definition) is 0. The van der Waals surface area contributed by atoms with Gasteiger partial charge in [-0.05, 0) is 23.9 Å². The Morgan fingerprint density at radius 2 is 1.43 bits per heavy atom. The summed E-state index contributed by atoms with van der Waals surface area (Å²) in [5.41, 5.74) is 4.00. The lowest BCUT2D eigenvalue weighted by Crippen LogP contribution is -1.97. The number of nitrogens with zero attached hydrogens (tertiary/aromatic N) is 7. The van der Waals surface area contributed by atoms with Crippen LogP contribution in [0.5, 0.6) is 0 Å². The summed E-state index contributed by atoms with van der Waals surface area (Å²) in [6.45, 7) is 0. The first-order valence-corrected chi connectivity index (χ1v) is 11.3. The smallest absolute Gasteiger partial charge is 0.258 e. The van der Waals surface area contributed by atoms with E-state index >= 15 is 0 Å². The zero-order valence-electron chi connectivity index (χ0n) is 18.2. The highest BCUT2D eigenvalue weighted by atomic mass is 32.2. The topological polar surface area (TPSA) is 112 Å². The molecule has 0 aliphatic heterocycles. The quantitative estimate of drug-likeness (QED) is 0.134. The molecule has 0 bridgehead atoms. The minimum absolute atomic E-state index is 0.0384. The summed E-state index contributed by atoms with van der Waals surface area (Å²) in [6, 6.07) is 26.3. The maximum absolute atomic E-state index is 11.4. The van der Waals surface area contributed by atoms with E-state index in [9.17, 15) is 10.1 Å². The van der Waals surface area contributed by atoms with E-state index in [1.165, 1.54) is 47.4 Å². The van der Waals surface area contributed by atoms with Crippen LogP contribution in [0.2, 0.25) is 0 Å². The summed E-state index contributed by atoms with van der Waals surface area (Å²) < 4.78 is 1.41. The number of benzene rings is 3. The Bertz CT molecular complexity index is 1430. The van der Waals surface area contributed by atoms with Crippen LogP contribution in [0.3, 0.4) is 0 Å². The molecule has 9 nitrogen and oxygen atoms in total. The van der Waals surface area contributed by atoms with Gasteiger partial charge in [-0.3, -0.25) is 10.1 Å². The molecule has 5 aromatic rings. The van der Waals surface area contributed by atoms with E-state index in [1.807, 2.05) is 66.7 Å². The molecule has 3 aromatic carbocycles. The molecular formula is C25H17N7O2S. The van der Waals surface area contributed by atoms with Gasteiger partial charge in [0.1, 0.15) is 12.7 Å². The molecule has 0 radical (unpaired) electrons. The normalized spacial score (nSPS) is 11.1. The van der Waals surface area contributed by atoms with Crippen molar-refractivity contribution in [2.45, 2.75) is 10.1 Å². The van der Waals surface area contributed by atoms with Gasteiger partial charge in [-0.2, -0.15) is 5.10 Å². The third kappa shape index (κ3) is 5.28. The number of nitro groups is 1. The average Bonchev–Trinajstić information content (AvgIpc) is 3.43. The number of non-ortho nitro benzene ring substituents is 1. The van der Waals surface area contributed by atoms with Gasteiger partial charge < -0.3 is 0 Å². The predicted octanol–water partition coefficient (Wildman–Crippen LogP) is 5.34. The van der Waals surface area contributed by atoms with E-state index in [-0.39, 0.29) is 5.69 Å². The first-order valence-electron chi connectivity index (χ1n) is 10.5. The van der Waals surface area contributed by atoms with Gasteiger partial charge in [-0.15, -0.1) is 10.2 Å². The van der Waals surface area contributed by atoms with Crippen molar-refractivity contribution in [1.82, 2.24) is 24.8 Å².